The molecule has 13 heteroatoms. The first-order chi connectivity index (χ1) is 20.2. The summed E-state index contributed by atoms with van der Waals surface area (Å²) in [7, 11) is 2.16. The highest BCUT2D eigenvalue weighted by molar-refractivity contribution is 6.05. The van der Waals surface area contributed by atoms with Crippen molar-refractivity contribution < 1.29 is 13.9 Å². The predicted molar refractivity (Wildman–Crippen MR) is 164 cm³/mol. The highest BCUT2D eigenvalue weighted by Crippen LogP contribution is 2.35. The lowest BCUT2D eigenvalue weighted by Crippen LogP contribution is -2.45. The van der Waals surface area contributed by atoms with E-state index < -0.39 is 0 Å². The maximum Gasteiger partial charge on any atom is 0.232 e. The zero-order valence-corrected chi connectivity index (χ0v) is 24.3. The van der Waals surface area contributed by atoms with Gasteiger partial charge >= 0.3 is 0 Å². The summed E-state index contributed by atoms with van der Waals surface area (Å²) < 4.78 is 17.9. The molecule has 5 aromatic rings. The fourth-order valence-electron chi connectivity index (χ4n) is 5.24. The second-order valence-electron chi connectivity index (χ2n) is 10.4. The predicted octanol–water partition coefficient (Wildman–Crippen LogP) is 3.79. The third-order valence-corrected chi connectivity index (χ3v) is 7.60. The van der Waals surface area contributed by atoms with Gasteiger partial charge in [0.1, 0.15) is 12.1 Å². The molecule has 0 spiro atoms. The lowest BCUT2D eigenvalue weighted by molar-refractivity contribution is 0.122. The molecule has 2 N–H and O–H groups in total. The standard InChI is InChI=1S/C29H33N9O3.ClH/c1-36-9-11-37(12-10-36)13-18-40-24-8-7-21-25-26(41-28(21)31-24)27(38-14-16-39-17-15-38)33-29(32-25)30-23-19-22(34-35-23)20-5-3-2-4-6-20;/h2-8,19H,9-18H2,1H3,(H2,30,32,33,34,35);1H. The second-order valence-corrected chi connectivity index (χ2v) is 10.4. The van der Waals surface area contributed by atoms with Crippen LogP contribution in [0.1, 0.15) is 0 Å². The van der Waals surface area contributed by atoms with E-state index in [1.54, 1.807) is 0 Å². The minimum Gasteiger partial charge on any atom is -0.476 e. The van der Waals surface area contributed by atoms with Gasteiger partial charge in [-0.2, -0.15) is 15.1 Å². The Hall–Kier alpha value is -3.97. The van der Waals surface area contributed by atoms with Gasteiger partial charge in [0.15, 0.2) is 17.2 Å². The number of hydrogen-bond acceptors (Lipinski definition) is 11. The van der Waals surface area contributed by atoms with Gasteiger partial charge in [-0.3, -0.25) is 10.00 Å². The SMILES string of the molecule is CN1CCN(CCOc2ccc3c(n2)oc2c(N4CCOCC4)nc(Nc4cc(-c5ccccc5)[nH]n4)nc23)CC1.Cl. The number of anilines is 3. The molecule has 2 aliphatic heterocycles. The zero-order chi connectivity index (χ0) is 27.6. The van der Waals surface area contributed by atoms with Crippen molar-refractivity contribution in [1.29, 1.82) is 0 Å². The normalized spacial score (nSPS) is 16.5. The van der Waals surface area contributed by atoms with Crippen LogP contribution in [0.5, 0.6) is 5.88 Å². The summed E-state index contributed by atoms with van der Waals surface area (Å²) in [5.41, 5.74) is 3.72. The van der Waals surface area contributed by atoms with Gasteiger partial charge in [-0.25, -0.2) is 4.98 Å². The maximum absolute atomic E-state index is 6.29. The van der Waals surface area contributed by atoms with E-state index in [0.717, 1.165) is 49.4 Å². The number of fused-ring (bicyclic) bond motifs is 3. The number of H-pyrrole nitrogens is 1. The number of ether oxygens (including phenoxy) is 2. The van der Waals surface area contributed by atoms with Gasteiger partial charge in [0.25, 0.3) is 0 Å². The highest BCUT2D eigenvalue weighted by atomic mass is 35.5. The lowest BCUT2D eigenvalue weighted by Gasteiger charge is -2.32. The van der Waals surface area contributed by atoms with Crippen LogP contribution in [0, 0.1) is 0 Å². The Morgan fingerprint density at radius 2 is 1.76 bits per heavy atom. The number of nitrogens with one attached hydrogen (secondary N) is 2. The number of aromatic amines is 1. The van der Waals surface area contributed by atoms with E-state index in [1.807, 2.05) is 48.5 Å². The number of aromatic nitrogens is 5. The van der Waals surface area contributed by atoms with Crippen LogP contribution in [-0.4, -0.2) is 108 Å². The molecule has 12 nitrogen and oxygen atoms in total. The van der Waals surface area contributed by atoms with Crippen molar-refractivity contribution in [2.75, 3.05) is 82.9 Å². The molecular weight excluding hydrogens is 558 g/mol. The Kier molecular flexibility index (Phi) is 8.38. The van der Waals surface area contributed by atoms with Crippen molar-refractivity contribution in [2.24, 2.45) is 0 Å². The number of pyridine rings is 1. The molecule has 0 unspecified atom stereocenters. The topological polar surface area (TPSA) is 121 Å². The smallest absolute Gasteiger partial charge is 0.232 e. The van der Waals surface area contributed by atoms with Crippen molar-refractivity contribution >= 4 is 52.2 Å². The minimum atomic E-state index is 0. The van der Waals surface area contributed by atoms with E-state index in [9.17, 15) is 0 Å². The molecule has 0 aliphatic carbocycles. The quantitative estimate of drug-likeness (QED) is 0.274. The van der Waals surface area contributed by atoms with Gasteiger partial charge < -0.3 is 29.0 Å². The fraction of sp³-hybridized carbons (Fsp3) is 0.379. The summed E-state index contributed by atoms with van der Waals surface area (Å²) in [4.78, 5) is 21.3. The van der Waals surface area contributed by atoms with Crippen molar-refractivity contribution in [1.82, 2.24) is 34.9 Å². The number of likely N-dealkylation sites (N-methyl/N-ethyl adjacent to an activating group) is 1. The van der Waals surface area contributed by atoms with Gasteiger partial charge in [-0.15, -0.1) is 12.4 Å². The number of morpholine rings is 1. The van der Waals surface area contributed by atoms with E-state index >= 15 is 0 Å². The van der Waals surface area contributed by atoms with Crippen molar-refractivity contribution in [2.45, 2.75) is 0 Å². The van der Waals surface area contributed by atoms with Gasteiger partial charge in [0.05, 0.1) is 24.3 Å². The molecule has 2 fully saturated rings. The molecule has 6 heterocycles. The third kappa shape index (κ3) is 5.97. The van der Waals surface area contributed by atoms with Gasteiger partial charge in [-0.05, 0) is 18.7 Å². The molecule has 0 bridgehead atoms. The minimum absolute atomic E-state index is 0. The Morgan fingerprint density at radius 1 is 0.952 bits per heavy atom. The molecule has 7 rings (SSSR count). The van der Waals surface area contributed by atoms with Gasteiger partial charge in [-0.1, -0.05) is 30.3 Å². The summed E-state index contributed by atoms with van der Waals surface area (Å²) in [6.45, 7) is 8.38. The van der Waals surface area contributed by atoms with Crippen LogP contribution < -0.4 is 15.0 Å². The molecule has 220 valence electrons. The molecule has 0 saturated carbocycles. The van der Waals surface area contributed by atoms with E-state index in [0.29, 0.717) is 73.2 Å². The molecule has 4 aromatic heterocycles. The van der Waals surface area contributed by atoms with E-state index in [1.165, 1.54) is 0 Å². The average Bonchev–Trinajstić information content (AvgIpc) is 3.63. The van der Waals surface area contributed by atoms with Crippen LogP contribution in [0.25, 0.3) is 33.5 Å². The number of piperazine rings is 1. The van der Waals surface area contributed by atoms with Crippen LogP contribution in [0.15, 0.2) is 52.9 Å². The first kappa shape index (κ1) is 28.2. The Balaban J connectivity index is 0.00000316. The van der Waals surface area contributed by atoms with E-state index in [-0.39, 0.29) is 12.4 Å². The van der Waals surface area contributed by atoms with Crippen molar-refractivity contribution in [3.8, 4) is 17.1 Å². The number of benzene rings is 1. The molecule has 0 atom stereocenters. The highest BCUT2D eigenvalue weighted by Gasteiger charge is 2.23. The zero-order valence-electron chi connectivity index (χ0n) is 23.5. The molecule has 1 aromatic carbocycles. The summed E-state index contributed by atoms with van der Waals surface area (Å²) in [5, 5.41) is 11.6. The van der Waals surface area contributed by atoms with Gasteiger partial charge in [0.2, 0.25) is 17.5 Å². The Bertz CT molecular complexity index is 1630. The summed E-state index contributed by atoms with van der Waals surface area (Å²) >= 11 is 0. The average molecular weight is 592 g/mol. The fourth-order valence-corrected chi connectivity index (χ4v) is 5.24. The summed E-state index contributed by atoms with van der Waals surface area (Å²) in [6, 6.07) is 15.8. The van der Waals surface area contributed by atoms with E-state index in [2.05, 4.69) is 42.2 Å². The van der Waals surface area contributed by atoms with Crippen LogP contribution in [0.2, 0.25) is 0 Å². The lowest BCUT2D eigenvalue weighted by atomic mass is 10.2. The summed E-state index contributed by atoms with van der Waals surface area (Å²) in [6.07, 6.45) is 0. The largest absolute Gasteiger partial charge is 0.476 e. The van der Waals surface area contributed by atoms with Crippen molar-refractivity contribution in [3.63, 3.8) is 0 Å². The molecule has 2 aliphatic rings. The third-order valence-electron chi connectivity index (χ3n) is 7.60. The number of halogens is 1. The van der Waals surface area contributed by atoms with Crippen LogP contribution in [-0.2, 0) is 4.74 Å². The first-order valence-corrected chi connectivity index (χ1v) is 14.1. The monoisotopic (exact) mass is 591 g/mol. The molecule has 2 saturated heterocycles. The van der Waals surface area contributed by atoms with Crippen molar-refractivity contribution in [3.05, 3.63) is 48.5 Å². The number of furan rings is 1. The summed E-state index contributed by atoms with van der Waals surface area (Å²) in [5.74, 6) is 2.29. The second kappa shape index (κ2) is 12.5. The van der Waals surface area contributed by atoms with Crippen LogP contribution in [0.4, 0.5) is 17.6 Å². The maximum atomic E-state index is 6.29. The van der Waals surface area contributed by atoms with Crippen LogP contribution in [0.3, 0.4) is 0 Å². The molecule has 0 amide bonds. The number of rotatable bonds is 8. The van der Waals surface area contributed by atoms with E-state index in [4.69, 9.17) is 23.9 Å². The molecule has 0 radical (unpaired) electrons. The first-order valence-electron chi connectivity index (χ1n) is 14.1. The van der Waals surface area contributed by atoms with Gasteiger partial charge in [0, 0.05) is 57.9 Å². The molecular formula is C29H34ClN9O3. The number of nitrogens with zero attached hydrogens (tertiary/aromatic N) is 7. The van der Waals surface area contributed by atoms with Crippen LogP contribution >= 0.6 is 12.4 Å². The molecule has 42 heavy (non-hydrogen) atoms. The number of hydrogen-bond donors (Lipinski definition) is 2. The Labute approximate surface area is 249 Å². The Morgan fingerprint density at radius 3 is 2.57 bits per heavy atom.